The summed E-state index contributed by atoms with van der Waals surface area (Å²) in [6.45, 7) is 5.74. The molecule has 0 spiro atoms. The molecular formula is C23H25N3O4. The maximum atomic E-state index is 12.5. The Balaban J connectivity index is 1.39. The van der Waals surface area contributed by atoms with Crippen molar-refractivity contribution in [3.63, 3.8) is 0 Å². The Kier molecular flexibility index (Phi) is 5.23. The van der Waals surface area contributed by atoms with E-state index in [0.29, 0.717) is 30.7 Å². The van der Waals surface area contributed by atoms with E-state index in [2.05, 4.69) is 15.4 Å². The van der Waals surface area contributed by atoms with E-state index in [1.165, 1.54) is 0 Å². The average molecular weight is 407 g/mol. The zero-order valence-electron chi connectivity index (χ0n) is 16.9. The Morgan fingerprint density at radius 3 is 2.87 bits per heavy atom. The summed E-state index contributed by atoms with van der Waals surface area (Å²) in [5, 5.41) is 10.5. The van der Waals surface area contributed by atoms with Crippen LogP contribution >= 0.6 is 0 Å². The van der Waals surface area contributed by atoms with Gasteiger partial charge in [-0.3, -0.25) is 14.5 Å². The van der Waals surface area contributed by atoms with Gasteiger partial charge in [0.15, 0.2) is 5.58 Å². The number of Topliss-reactive ketones (excluding diaryl/α,β-unsaturated/α-hetero) is 2. The molecule has 1 saturated carbocycles. The van der Waals surface area contributed by atoms with Crippen LogP contribution in [0.15, 0.2) is 34.9 Å². The maximum Gasteiger partial charge on any atom is 0.167 e. The van der Waals surface area contributed by atoms with E-state index >= 15 is 0 Å². The number of fused-ring (bicyclic) bond motifs is 3. The number of nitrogens with one attached hydrogen (secondary N) is 1. The topological polar surface area (TPSA) is 84.7 Å². The van der Waals surface area contributed by atoms with Gasteiger partial charge in [0.25, 0.3) is 0 Å². The molecule has 7 nitrogen and oxygen atoms in total. The third-order valence-corrected chi connectivity index (χ3v) is 6.14. The Morgan fingerprint density at radius 1 is 1.17 bits per heavy atom. The van der Waals surface area contributed by atoms with Crippen LogP contribution in [0, 0.1) is 0 Å². The third kappa shape index (κ3) is 3.70. The molecule has 2 fully saturated rings. The molecule has 0 unspecified atom stereocenters. The van der Waals surface area contributed by atoms with Gasteiger partial charge >= 0.3 is 0 Å². The second-order valence-corrected chi connectivity index (χ2v) is 8.10. The van der Waals surface area contributed by atoms with Crippen LogP contribution in [-0.4, -0.2) is 61.0 Å². The predicted octanol–water partition coefficient (Wildman–Crippen LogP) is 2.67. The summed E-state index contributed by atoms with van der Waals surface area (Å²) in [6, 6.07) is 9.87. The van der Waals surface area contributed by atoms with E-state index in [-0.39, 0.29) is 23.9 Å². The molecule has 2 aliphatic rings. The number of carbonyl (C=O) groups excluding carboxylic acids is 2. The standard InChI is InChI=1S/C23H25N3O4/c27-16-2-4-19(20(28)14-16)23-22-18-5-3-17(13-15(18)1-6-21(22)30-25-23)29-12-11-26-9-7-24-8-10-26/h1,3,5-6,13,19,24H,2,4,7-12,14H2/t19-/m0/s1. The van der Waals surface area contributed by atoms with Gasteiger partial charge in [0.05, 0.1) is 17.7 Å². The first-order chi connectivity index (χ1) is 14.7. The van der Waals surface area contributed by atoms with Crippen LogP contribution in [0.5, 0.6) is 5.75 Å². The molecule has 7 heteroatoms. The first-order valence-electron chi connectivity index (χ1n) is 10.6. The number of hydrogen-bond acceptors (Lipinski definition) is 7. The van der Waals surface area contributed by atoms with Gasteiger partial charge in [-0.2, -0.15) is 0 Å². The number of rotatable bonds is 5. The molecule has 156 valence electrons. The second-order valence-electron chi connectivity index (χ2n) is 8.10. The smallest absolute Gasteiger partial charge is 0.167 e. The van der Waals surface area contributed by atoms with Crippen molar-refractivity contribution in [2.24, 2.45) is 0 Å². The highest BCUT2D eigenvalue weighted by atomic mass is 16.5. The van der Waals surface area contributed by atoms with Crippen molar-refractivity contribution in [3.8, 4) is 5.75 Å². The Bertz CT molecular complexity index is 1100. The van der Waals surface area contributed by atoms with Crippen LogP contribution in [0.1, 0.15) is 30.9 Å². The number of carbonyl (C=O) groups is 2. The molecule has 1 aliphatic heterocycles. The van der Waals surface area contributed by atoms with Crippen LogP contribution in [0.3, 0.4) is 0 Å². The van der Waals surface area contributed by atoms with Crippen LogP contribution in [0.2, 0.25) is 0 Å². The molecule has 0 bridgehead atoms. The van der Waals surface area contributed by atoms with Gasteiger partial charge in [0.1, 0.15) is 29.6 Å². The fraction of sp³-hybridized carbons (Fsp3) is 0.435. The summed E-state index contributed by atoms with van der Waals surface area (Å²) < 4.78 is 11.5. The van der Waals surface area contributed by atoms with Crippen molar-refractivity contribution in [3.05, 3.63) is 36.0 Å². The van der Waals surface area contributed by atoms with E-state index in [0.717, 1.165) is 54.6 Å². The second kappa shape index (κ2) is 8.16. The van der Waals surface area contributed by atoms with Crippen LogP contribution in [-0.2, 0) is 9.59 Å². The van der Waals surface area contributed by atoms with Gasteiger partial charge in [-0.1, -0.05) is 11.2 Å². The molecule has 1 N–H and O–H groups in total. The molecule has 5 rings (SSSR count). The molecule has 0 radical (unpaired) electrons. The normalized spacial score (nSPS) is 20.9. The van der Waals surface area contributed by atoms with Gasteiger partial charge < -0.3 is 14.6 Å². The molecule has 1 aromatic heterocycles. The lowest BCUT2D eigenvalue weighted by atomic mass is 9.83. The van der Waals surface area contributed by atoms with Gasteiger partial charge in [0, 0.05) is 39.1 Å². The summed E-state index contributed by atoms with van der Waals surface area (Å²) in [7, 11) is 0. The van der Waals surface area contributed by atoms with E-state index in [4.69, 9.17) is 9.26 Å². The zero-order chi connectivity index (χ0) is 20.5. The van der Waals surface area contributed by atoms with Gasteiger partial charge in [0.2, 0.25) is 0 Å². The number of piperazine rings is 1. The summed E-state index contributed by atoms with van der Waals surface area (Å²) in [5.74, 6) is 0.404. The summed E-state index contributed by atoms with van der Waals surface area (Å²) in [4.78, 5) is 26.5. The van der Waals surface area contributed by atoms with E-state index < -0.39 is 0 Å². The Hall–Kier alpha value is -2.77. The third-order valence-electron chi connectivity index (χ3n) is 6.14. The van der Waals surface area contributed by atoms with Crippen LogP contribution in [0.25, 0.3) is 21.7 Å². The van der Waals surface area contributed by atoms with E-state index in [9.17, 15) is 9.59 Å². The van der Waals surface area contributed by atoms with E-state index in [1.54, 1.807) is 0 Å². The first-order valence-corrected chi connectivity index (χ1v) is 10.6. The lowest BCUT2D eigenvalue weighted by Crippen LogP contribution is -2.44. The van der Waals surface area contributed by atoms with Gasteiger partial charge in [-0.05, 0) is 41.5 Å². The van der Waals surface area contributed by atoms with Crippen molar-refractivity contribution >= 4 is 33.3 Å². The summed E-state index contributed by atoms with van der Waals surface area (Å²) in [5.41, 5.74) is 1.31. The fourth-order valence-corrected chi connectivity index (χ4v) is 4.49. The highest BCUT2D eigenvalue weighted by molar-refractivity contribution is 6.11. The van der Waals surface area contributed by atoms with Crippen molar-refractivity contribution in [1.82, 2.24) is 15.4 Å². The number of aromatic nitrogens is 1. The van der Waals surface area contributed by atoms with Crippen molar-refractivity contribution < 1.29 is 18.8 Å². The van der Waals surface area contributed by atoms with Crippen molar-refractivity contribution in [2.45, 2.75) is 25.2 Å². The lowest BCUT2D eigenvalue weighted by molar-refractivity contribution is -0.130. The zero-order valence-corrected chi connectivity index (χ0v) is 16.9. The number of hydrogen-bond donors (Lipinski definition) is 1. The average Bonchev–Trinajstić information content (AvgIpc) is 3.19. The minimum atomic E-state index is -0.371. The summed E-state index contributed by atoms with van der Waals surface area (Å²) >= 11 is 0. The molecule has 1 aliphatic carbocycles. The molecule has 1 atom stereocenters. The van der Waals surface area contributed by atoms with Crippen molar-refractivity contribution in [1.29, 1.82) is 0 Å². The SMILES string of the molecule is O=C1CC[C@H](c2noc3ccc4cc(OCCN5CCNCC5)ccc4c23)C(=O)C1. The minimum absolute atomic E-state index is 0.00510. The van der Waals surface area contributed by atoms with Gasteiger partial charge in [-0.15, -0.1) is 0 Å². The largest absolute Gasteiger partial charge is 0.492 e. The molecule has 1 saturated heterocycles. The number of benzene rings is 2. The first kappa shape index (κ1) is 19.2. The predicted molar refractivity (Wildman–Crippen MR) is 113 cm³/mol. The summed E-state index contributed by atoms with van der Waals surface area (Å²) in [6.07, 6.45) is 0.915. The van der Waals surface area contributed by atoms with Crippen molar-refractivity contribution in [2.75, 3.05) is 39.3 Å². The minimum Gasteiger partial charge on any atom is -0.492 e. The van der Waals surface area contributed by atoms with E-state index in [1.807, 2.05) is 30.3 Å². The molecule has 2 aromatic carbocycles. The molecule has 30 heavy (non-hydrogen) atoms. The molecule has 3 aromatic rings. The number of ether oxygens (including phenoxy) is 1. The maximum absolute atomic E-state index is 12.5. The van der Waals surface area contributed by atoms with Crippen LogP contribution in [0.4, 0.5) is 0 Å². The highest BCUT2D eigenvalue weighted by Gasteiger charge is 2.32. The van der Waals surface area contributed by atoms with Crippen LogP contribution < -0.4 is 10.1 Å². The lowest BCUT2D eigenvalue weighted by Gasteiger charge is -2.26. The van der Waals surface area contributed by atoms with Gasteiger partial charge in [-0.25, -0.2) is 0 Å². The monoisotopic (exact) mass is 407 g/mol. The number of ketones is 2. The quantitative estimate of drug-likeness (QED) is 0.651. The Morgan fingerprint density at radius 2 is 2.03 bits per heavy atom. The molecule has 2 heterocycles. The number of nitrogens with zero attached hydrogens (tertiary/aromatic N) is 2. The highest BCUT2D eigenvalue weighted by Crippen LogP contribution is 2.37. The molecular weight excluding hydrogens is 382 g/mol. The molecule has 0 amide bonds. The Labute approximate surface area is 174 Å². The fourth-order valence-electron chi connectivity index (χ4n) is 4.49.